The minimum absolute atomic E-state index is 0.172. The number of halogens is 3. The molecule has 0 radical (unpaired) electrons. The summed E-state index contributed by atoms with van der Waals surface area (Å²) in [6, 6.07) is -0.477. The van der Waals surface area contributed by atoms with Crippen LogP contribution in [0.2, 0.25) is 0 Å². The van der Waals surface area contributed by atoms with Crippen molar-refractivity contribution in [3.8, 4) is 0 Å². The Morgan fingerprint density at radius 3 is 2.56 bits per heavy atom. The average molecular weight is 402 g/mol. The third-order valence-electron chi connectivity index (χ3n) is 4.59. The summed E-state index contributed by atoms with van der Waals surface area (Å²) in [4.78, 5) is 19.6. The van der Waals surface area contributed by atoms with Gasteiger partial charge in [-0.25, -0.2) is 4.98 Å². The lowest BCUT2D eigenvalue weighted by Crippen LogP contribution is -2.43. The zero-order valence-corrected chi connectivity index (χ0v) is 16.4. The van der Waals surface area contributed by atoms with Crippen molar-refractivity contribution in [2.75, 3.05) is 19.8 Å². The molecule has 0 aliphatic carbocycles. The second-order valence-corrected chi connectivity index (χ2v) is 7.80. The molecule has 1 atom stereocenters. The molecule has 2 aromatic rings. The summed E-state index contributed by atoms with van der Waals surface area (Å²) in [6.07, 6.45) is -4.36. The Bertz CT molecular complexity index is 859. The van der Waals surface area contributed by atoms with Gasteiger partial charge in [-0.1, -0.05) is 0 Å². The molecule has 1 amide bonds. The highest BCUT2D eigenvalue weighted by Gasteiger charge is 2.36. The predicted molar refractivity (Wildman–Crippen MR) is 93.9 cm³/mol. The average Bonchev–Trinajstić information content (AvgIpc) is 3.04. The Hall–Kier alpha value is -1.94. The number of aromatic nitrogens is 3. The van der Waals surface area contributed by atoms with E-state index in [1.165, 1.54) is 11.3 Å². The number of rotatable bonds is 3. The Labute approximate surface area is 158 Å². The van der Waals surface area contributed by atoms with Crippen molar-refractivity contribution in [2.24, 2.45) is 0 Å². The van der Waals surface area contributed by atoms with Crippen LogP contribution in [0.15, 0.2) is 0 Å². The van der Waals surface area contributed by atoms with E-state index in [1.807, 2.05) is 6.92 Å². The van der Waals surface area contributed by atoms with Gasteiger partial charge in [-0.05, 0) is 27.7 Å². The van der Waals surface area contributed by atoms with Crippen LogP contribution in [0.1, 0.15) is 43.4 Å². The molecule has 1 saturated heterocycles. The summed E-state index contributed by atoms with van der Waals surface area (Å²) in [6.45, 7) is 6.69. The molecule has 148 valence electrons. The Balaban J connectivity index is 1.97. The number of amides is 1. The van der Waals surface area contributed by atoms with E-state index in [0.29, 0.717) is 40.7 Å². The zero-order valence-electron chi connectivity index (χ0n) is 15.6. The molecule has 6 nitrogen and oxygen atoms in total. The van der Waals surface area contributed by atoms with E-state index in [1.54, 1.807) is 25.7 Å². The summed E-state index contributed by atoms with van der Waals surface area (Å²) in [5.74, 6) is -0.172. The van der Waals surface area contributed by atoms with Crippen LogP contribution in [0.3, 0.4) is 0 Å². The van der Waals surface area contributed by atoms with Crippen LogP contribution < -0.4 is 0 Å². The second kappa shape index (κ2) is 7.23. The van der Waals surface area contributed by atoms with Crippen molar-refractivity contribution in [3.05, 3.63) is 32.5 Å². The van der Waals surface area contributed by atoms with E-state index in [2.05, 4.69) is 10.1 Å². The monoisotopic (exact) mass is 402 g/mol. The smallest absolute Gasteiger partial charge is 0.377 e. The van der Waals surface area contributed by atoms with E-state index in [0.717, 1.165) is 9.69 Å². The molecule has 1 aliphatic rings. The normalized spacial score (nSPS) is 18.2. The molecular formula is C17H21F3N4O2S. The molecule has 3 rings (SSSR count). The number of nitrogens with zero attached hydrogens (tertiary/aromatic N) is 4. The molecule has 2 aromatic heterocycles. The standard InChI is InChI=1S/C17H21F3N4O2S/c1-9-14(11(3)24(22-9)8-17(18,19)20)13-7-26-6-5-23(13)16(25)15-10(2)21-12(4)27-15/h13H,5-8H2,1-4H3/t13-/m1/s1. The third kappa shape index (κ3) is 4.01. The highest BCUT2D eigenvalue weighted by atomic mass is 32.1. The number of hydrogen-bond acceptors (Lipinski definition) is 5. The van der Waals surface area contributed by atoms with Gasteiger partial charge >= 0.3 is 6.18 Å². The Kier molecular flexibility index (Phi) is 5.31. The summed E-state index contributed by atoms with van der Waals surface area (Å²) >= 11 is 1.32. The third-order valence-corrected chi connectivity index (χ3v) is 5.65. The van der Waals surface area contributed by atoms with Crippen molar-refractivity contribution in [1.82, 2.24) is 19.7 Å². The largest absolute Gasteiger partial charge is 0.408 e. The number of carbonyl (C=O) groups excluding carboxylic acids is 1. The topological polar surface area (TPSA) is 60.3 Å². The number of thiazole rings is 1. The summed E-state index contributed by atoms with van der Waals surface area (Å²) in [5.41, 5.74) is 2.15. The molecule has 3 heterocycles. The van der Waals surface area contributed by atoms with Crippen molar-refractivity contribution < 1.29 is 22.7 Å². The van der Waals surface area contributed by atoms with Gasteiger partial charge in [0.15, 0.2) is 0 Å². The minimum Gasteiger partial charge on any atom is -0.377 e. The van der Waals surface area contributed by atoms with Crippen LogP contribution in [-0.2, 0) is 11.3 Å². The van der Waals surface area contributed by atoms with Gasteiger partial charge in [-0.15, -0.1) is 11.3 Å². The molecule has 27 heavy (non-hydrogen) atoms. The fourth-order valence-electron chi connectivity index (χ4n) is 3.46. The number of hydrogen-bond donors (Lipinski definition) is 0. The summed E-state index contributed by atoms with van der Waals surface area (Å²) in [7, 11) is 0. The van der Waals surface area contributed by atoms with Gasteiger partial charge in [0.2, 0.25) is 0 Å². The SMILES string of the molecule is Cc1nc(C)c(C(=O)N2CCOC[C@@H]2c2c(C)nn(CC(F)(F)F)c2C)s1. The van der Waals surface area contributed by atoms with Crippen LogP contribution in [0, 0.1) is 27.7 Å². The van der Waals surface area contributed by atoms with Crippen molar-refractivity contribution in [3.63, 3.8) is 0 Å². The molecular weight excluding hydrogens is 381 g/mol. The first-order chi connectivity index (χ1) is 12.6. The molecule has 0 N–H and O–H groups in total. The molecule has 1 aliphatic heterocycles. The van der Waals surface area contributed by atoms with Crippen molar-refractivity contribution in [2.45, 2.75) is 46.5 Å². The van der Waals surface area contributed by atoms with Gasteiger partial charge < -0.3 is 9.64 Å². The maximum atomic E-state index is 13.1. The first-order valence-electron chi connectivity index (χ1n) is 8.52. The maximum Gasteiger partial charge on any atom is 0.408 e. The van der Waals surface area contributed by atoms with Crippen LogP contribution >= 0.6 is 11.3 Å². The van der Waals surface area contributed by atoms with Gasteiger partial charge in [0.1, 0.15) is 11.4 Å². The number of carbonyl (C=O) groups is 1. The molecule has 0 aromatic carbocycles. The number of morpholine rings is 1. The van der Waals surface area contributed by atoms with Crippen LogP contribution in [-0.4, -0.2) is 51.5 Å². The van der Waals surface area contributed by atoms with Gasteiger partial charge in [-0.3, -0.25) is 9.48 Å². The first-order valence-corrected chi connectivity index (χ1v) is 9.33. The zero-order chi connectivity index (χ0) is 19.9. The lowest BCUT2D eigenvalue weighted by Gasteiger charge is -2.36. The second-order valence-electron chi connectivity index (χ2n) is 6.59. The molecule has 0 spiro atoms. The number of alkyl halides is 3. The van der Waals surface area contributed by atoms with E-state index in [9.17, 15) is 18.0 Å². The molecule has 0 saturated carbocycles. The number of ether oxygens (including phenoxy) is 1. The van der Waals surface area contributed by atoms with E-state index in [-0.39, 0.29) is 12.5 Å². The van der Waals surface area contributed by atoms with Gasteiger partial charge in [0.05, 0.1) is 35.7 Å². The summed E-state index contributed by atoms with van der Waals surface area (Å²) < 4.78 is 45.0. The predicted octanol–water partition coefficient (Wildman–Crippen LogP) is 3.35. The highest BCUT2D eigenvalue weighted by Crippen LogP contribution is 2.33. The first kappa shape index (κ1) is 19.8. The van der Waals surface area contributed by atoms with Gasteiger partial charge in [-0.2, -0.15) is 18.3 Å². The van der Waals surface area contributed by atoms with Crippen molar-refractivity contribution >= 4 is 17.2 Å². The quantitative estimate of drug-likeness (QED) is 0.790. The number of aryl methyl sites for hydroxylation is 3. The van der Waals surface area contributed by atoms with Crippen LogP contribution in [0.25, 0.3) is 0 Å². The lowest BCUT2D eigenvalue weighted by atomic mass is 10.0. The highest BCUT2D eigenvalue weighted by molar-refractivity contribution is 7.13. The van der Waals surface area contributed by atoms with Gasteiger partial charge in [0.25, 0.3) is 5.91 Å². The molecule has 0 bridgehead atoms. The fraction of sp³-hybridized carbons (Fsp3) is 0.588. The lowest BCUT2D eigenvalue weighted by molar-refractivity contribution is -0.143. The Morgan fingerprint density at radius 1 is 1.26 bits per heavy atom. The Morgan fingerprint density at radius 2 is 1.96 bits per heavy atom. The van der Waals surface area contributed by atoms with E-state index in [4.69, 9.17) is 4.74 Å². The van der Waals surface area contributed by atoms with Crippen LogP contribution in [0.5, 0.6) is 0 Å². The maximum absolute atomic E-state index is 13.1. The van der Waals surface area contributed by atoms with Gasteiger partial charge in [0, 0.05) is 17.8 Å². The molecule has 10 heteroatoms. The molecule has 0 unspecified atom stereocenters. The summed E-state index contributed by atoms with van der Waals surface area (Å²) in [5, 5.41) is 4.85. The van der Waals surface area contributed by atoms with Crippen LogP contribution in [0.4, 0.5) is 13.2 Å². The van der Waals surface area contributed by atoms with E-state index < -0.39 is 18.8 Å². The van der Waals surface area contributed by atoms with Crippen molar-refractivity contribution in [1.29, 1.82) is 0 Å². The minimum atomic E-state index is -4.36. The van der Waals surface area contributed by atoms with E-state index >= 15 is 0 Å². The fourth-order valence-corrected chi connectivity index (χ4v) is 4.34. The molecule has 1 fully saturated rings.